The van der Waals surface area contributed by atoms with Crippen molar-refractivity contribution in [1.82, 2.24) is 4.31 Å². The number of halogens is 1. The predicted octanol–water partition coefficient (Wildman–Crippen LogP) is 2.82. The van der Waals surface area contributed by atoms with Crippen molar-refractivity contribution >= 4 is 25.8 Å². The van der Waals surface area contributed by atoms with Gasteiger partial charge in [0.05, 0.1) is 12.0 Å². The molecule has 0 radical (unpaired) electrons. The lowest BCUT2D eigenvalue weighted by Gasteiger charge is -2.49. The fraction of sp³-hybridized carbons (Fsp3) is 0.917. The molecular weight excluding hydrogens is 274 g/mol. The Bertz CT molecular complexity index is 437. The van der Waals surface area contributed by atoms with Gasteiger partial charge in [-0.05, 0) is 25.2 Å². The van der Waals surface area contributed by atoms with E-state index >= 15 is 0 Å². The van der Waals surface area contributed by atoms with Crippen molar-refractivity contribution in [1.29, 1.82) is 0 Å². The summed E-state index contributed by atoms with van der Waals surface area (Å²) in [4.78, 5) is 11.5. The third-order valence-electron chi connectivity index (χ3n) is 4.33. The number of carbonyl (C=O) groups excluding carboxylic acids is 1. The average molecular weight is 294 g/mol. The summed E-state index contributed by atoms with van der Waals surface area (Å²) in [5.41, 5.74) is -0.500. The minimum atomic E-state index is -3.91. The van der Waals surface area contributed by atoms with Crippen LogP contribution in [0.25, 0.3) is 0 Å². The molecule has 2 unspecified atom stereocenters. The molecule has 1 heterocycles. The second-order valence-corrected chi connectivity index (χ2v) is 7.95. The van der Waals surface area contributed by atoms with E-state index in [0.29, 0.717) is 12.3 Å². The smallest absolute Gasteiger partial charge is 0.274 e. The zero-order chi connectivity index (χ0) is 13.4. The molecule has 104 valence electrons. The van der Waals surface area contributed by atoms with Gasteiger partial charge in [0.15, 0.2) is 0 Å². The predicted molar refractivity (Wildman–Crippen MR) is 70.4 cm³/mol. The number of carbonyl (C=O) groups is 1. The van der Waals surface area contributed by atoms with Gasteiger partial charge in [-0.3, -0.25) is 4.79 Å². The lowest BCUT2D eigenvalue weighted by Crippen LogP contribution is -2.64. The summed E-state index contributed by atoms with van der Waals surface area (Å²) in [6.07, 6.45) is 7.37. The SMILES string of the molecule is CCCC1CCCC2(CC1)CC(=O)N2S(=O)(=O)Cl. The molecule has 2 aliphatic rings. The molecule has 0 aromatic heterocycles. The largest absolute Gasteiger partial charge is 0.324 e. The molecule has 18 heavy (non-hydrogen) atoms. The third-order valence-corrected chi connectivity index (χ3v) is 5.77. The Morgan fingerprint density at radius 1 is 1.39 bits per heavy atom. The van der Waals surface area contributed by atoms with Crippen LogP contribution in [0.3, 0.4) is 0 Å². The van der Waals surface area contributed by atoms with E-state index in [1.54, 1.807) is 0 Å². The first-order valence-corrected chi connectivity index (χ1v) is 8.93. The summed E-state index contributed by atoms with van der Waals surface area (Å²) in [5.74, 6) is 0.323. The van der Waals surface area contributed by atoms with Crippen LogP contribution in [0.5, 0.6) is 0 Å². The first-order chi connectivity index (χ1) is 8.39. The van der Waals surface area contributed by atoms with E-state index in [-0.39, 0.29) is 5.91 Å². The summed E-state index contributed by atoms with van der Waals surface area (Å²) in [5, 5.41) is 0. The normalized spacial score (nSPS) is 33.3. The van der Waals surface area contributed by atoms with Crippen LogP contribution in [0.2, 0.25) is 0 Å². The summed E-state index contributed by atoms with van der Waals surface area (Å²) in [6.45, 7) is 2.17. The van der Waals surface area contributed by atoms with Gasteiger partial charge in [0.2, 0.25) is 5.91 Å². The summed E-state index contributed by atoms with van der Waals surface area (Å²) in [7, 11) is 1.47. The highest BCUT2D eigenvalue weighted by molar-refractivity contribution is 8.12. The molecule has 0 aromatic rings. The topological polar surface area (TPSA) is 54.5 Å². The van der Waals surface area contributed by atoms with Crippen LogP contribution in [-0.2, 0) is 14.0 Å². The van der Waals surface area contributed by atoms with E-state index in [2.05, 4.69) is 6.92 Å². The summed E-state index contributed by atoms with van der Waals surface area (Å²) >= 11 is 0. The van der Waals surface area contributed by atoms with Crippen LogP contribution in [-0.4, -0.2) is 24.2 Å². The lowest BCUT2D eigenvalue weighted by atomic mass is 9.80. The number of β-lactam (4-membered cyclic amide) rings is 1. The Morgan fingerprint density at radius 2 is 2.11 bits per heavy atom. The minimum absolute atomic E-state index is 0.345. The van der Waals surface area contributed by atoms with Gasteiger partial charge in [-0.1, -0.05) is 32.6 Å². The average Bonchev–Trinajstić information content (AvgIpc) is 2.40. The van der Waals surface area contributed by atoms with Crippen LogP contribution in [0.15, 0.2) is 0 Å². The lowest BCUT2D eigenvalue weighted by molar-refractivity contribution is -0.146. The van der Waals surface area contributed by atoms with Crippen molar-refractivity contribution < 1.29 is 13.2 Å². The van der Waals surface area contributed by atoms with Gasteiger partial charge in [-0.15, -0.1) is 0 Å². The molecule has 1 aliphatic heterocycles. The summed E-state index contributed by atoms with van der Waals surface area (Å²) in [6, 6.07) is 0. The van der Waals surface area contributed by atoms with Crippen LogP contribution in [0.1, 0.15) is 58.3 Å². The first kappa shape index (κ1) is 14.1. The van der Waals surface area contributed by atoms with E-state index in [4.69, 9.17) is 10.7 Å². The maximum atomic E-state index is 11.5. The molecule has 1 amide bonds. The number of nitrogens with zero attached hydrogens (tertiary/aromatic N) is 1. The highest BCUT2D eigenvalue weighted by Gasteiger charge is 2.56. The van der Waals surface area contributed by atoms with Crippen molar-refractivity contribution in [2.45, 2.75) is 63.8 Å². The van der Waals surface area contributed by atoms with Gasteiger partial charge in [-0.25, -0.2) is 4.31 Å². The Kier molecular flexibility index (Phi) is 3.93. The van der Waals surface area contributed by atoms with Crippen molar-refractivity contribution in [2.75, 3.05) is 0 Å². The van der Waals surface area contributed by atoms with Gasteiger partial charge < -0.3 is 0 Å². The van der Waals surface area contributed by atoms with Crippen LogP contribution >= 0.6 is 10.7 Å². The Morgan fingerprint density at radius 3 is 2.67 bits per heavy atom. The van der Waals surface area contributed by atoms with E-state index in [9.17, 15) is 13.2 Å². The number of rotatable bonds is 3. The molecule has 4 nitrogen and oxygen atoms in total. The Balaban J connectivity index is 2.11. The van der Waals surface area contributed by atoms with Crippen molar-refractivity contribution in [3.05, 3.63) is 0 Å². The Hall–Kier alpha value is -0.290. The monoisotopic (exact) mass is 293 g/mol. The molecule has 6 heteroatoms. The van der Waals surface area contributed by atoms with E-state index in [1.807, 2.05) is 0 Å². The molecule has 2 atom stereocenters. The van der Waals surface area contributed by atoms with Gasteiger partial charge >= 0.3 is 9.24 Å². The highest BCUT2D eigenvalue weighted by atomic mass is 35.7. The minimum Gasteiger partial charge on any atom is -0.274 e. The van der Waals surface area contributed by atoms with Crippen molar-refractivity contribution in [3.63, 3.8) is 0 Å². The van der Waals surface area contributed by atoms with Gasteiger partial charge in [0.25, 0.3) is 0 Å². The number of hydrogen-bond acceptors (Lipinski definition) is 3. The molecule has 2 fully saturated rings. The van der Waals surface area contributed by atoms with E-state index < -0.39 is 14.8 Å². The van der Waals surface area contributed by atoms with Gasteiger partial charge in [-0.2, -0.15) is 8.42 Å². The van der Waals surface area contributed by atoms with Gasteiger partial charge in [0.1, 0.15) is 0 Å². The molecule has 2 rings (SSSR count). The molecular formula is C12H20ClNO3S. The highest BCUT2D eigenvalue weighted by Crippen LogP contribution is 2.46. The fourth-order valence-corrected chi connectivity index (χ4v) is 5.18. The molecule has 1 saturated carbocycles. The fourth-order valence-electron chi connectivity index (χ4n) is 3.49. The van der Waals surface area contributed by atoms with E-state index in [1.165, 1.54) is 6.42 Å². The van der Waals surface area contributed by atoms with Gasteiger partial charge in [0, 0.05) is 10.7 Å². The summed E-state index contributed by atoms with van der Waals surface area (Å²) < 4.78 is 23.9. The first-order valence-electron chi connectivity index (χ1n) is 6.67. The molecule has 0 N–H and O–H groups in total. The van der Waals surface area contributed by atoms with Crippen LogP contribution in [0.4, 0.5) is 0 Å². The second kappa shape index (κ2) is 5.00. The molecule has 1 saturated heterocycles. The molecule has 1 spiro atoms. The second-order valence-electron chi connectivity index (χ2n) is 5.59. The third kappa shape index (κ3) is 2.52. The van der Waals surface area contributed by atoms with Crippen LogP contribution < -0.4 is 0 Å². The quantitative estimate of drug-likeness (QED) is 0.594. The van der Waals surface area contributed by atoms with Crippen molar-refractivity contribution in [3.8, 4) is 0 Å². The zero-order valence-corrected chi connectivity index (χ0v) is 12.3. The molecule has 1 aliphatic carbocycles. The maximum Gasteiger partial charge on any atom is 0.324 e. The standard InChI is InChI=1S/C12H20ClNO3S/c1-2-4-10-5-3-7-12(8-6-10)9-11(15)14(12)18(13,16)17/h10H,2-9H2,1H3. The molecule has 0 bridgehead atoms. The zero-order valence-electron chi connectivity index (χ0n) is 10.7. The number of amides is 1. The van der Waals surface area contributed by atoms with Crippen LogP contribution in [0, 0.1) is 5.92 Å². The van der Waals surface area contributed by atoms with E-state index in [0.717, 1.165) is 42.8 Å². The van der Waals surface area contributed by atoms with Crippen molar-refractivity contribution in [2.24, 2.45) is 5.92 Å². The Labute approximate surface area is 113 Å². The number of hydrogen-bond donors (Lipinski definition) is 0. The maximum absolute atomic E-state index is 11.5. The molecule has 0 aromatic carbocycles.